The van der Waals surface area contributed by atoms with Crippen molar-refractivity contribution in [2.75, 3.05) is 6.61 Å². The fourth-order valence-corrected chi connectivity index (χ4v) is 1.37. The highest BCUT2D eigenvalue weighted by atomic mass is 16.5. The van der Waals surface area contributed by atoms with E-state index in [0.29, 0.717) is 13.0 Å². The predicted octanol–water partition coefficient (Wildman–Crippen LogP) is 3.91. The average Bonchev–Trinajstić information content (AvgIpc) is 2.44. The summed E-state index contributed by atoms with van der Waals surface area (Å²) in [4.78, 5) is 22.6. The van der Waals surface area contributed by atoms with Crippen LogP contribution in [0.2, 0.25) is 0 Å². The molecule has 114 valence electrons. The summed E-state index contributed by atoms with van der Waals surface area (Å²) in [7, 11) is 0. The number of unbranched alkanes of at least 4 members (excludes halogenated alkanes) is 2. The Balaban J connectivity index is 3.55. The van der Waals surface area contributed by atoms with Gasteiger partial charge in [0.1, 0.15) is 0 Å². The van der Waals surface area contributed by atoms with Crippen molar-refractivity contribution in [1.82, 2.24) is 0 Å². The molecule has 4 heteroatoms. The van der Waals surface area contributed by atoms with Gasteiger partial charge in [-0.05, 0) is 31.8 Å². The van der Waals surface area contributed by atoms with Gasteiger partial charge in [-0.25, -0.2) is 0 Å². The maximum Gasteiger partial charge on any atom is 0.311 e. The zero-order chi connectivity index (χ0) is 15.1. The minimum absolute atomic E-state index is 0.0573. The standard InChI is InChI=1S/C16H26O4/c1-3-5-7-9-13-19-15(17)11-12-16(18)20-14-10-8-6-4-2/h5,7,10,14H,3-4,6,8-9,11-13H2,1-2H3. The number of ether oxygens (including phenoxy) is 2. The largest absolute Gasteiger partial charge is 0.465 e. The lowest BCUT2D eigenvalue weighted by Crippen LogP contribution is -2.09. The molecule has 0 bridgehead atoms. The zero-order valence-corrected chi connectivity index (χ0v) is 12.6. The van der Waals surface area contributed by atoms with Crippen molar-refractivity contribution < 1.29 is 19.1 Å². The normalized spacial score (nSPS) is 11.1. The van der Waals surface area contributed by atoms with Crippen LogP contribution in [0.25, 0.3) is 0 Å². The van der Waals surface area contributed by atoms with Crippen LogP contribution in [-0.2, 0) is 19.1 Å². The van der Waals surface area contributed by atoms with Gasteiger partial charge in [-0.2, -0.15) is 0 Å². The Labute approximate surface area is 121 Å². The van der Waals surface area contributed by atoms with E-state index in [0.717, 1.165) is 25.7 Å². The van der Waals surface area contributed by atoms with E-state index in [9.17, 15) is 9.59 Å². The first-order chi connectivity index (χ1) is 9.70. The van der Waals surface area contributed by atoms with Crippen molar-refractivity contribution >= 4 is 11.9 Å². The second kappa shape index (κ2) is 13.8. The molecular weight excluding hydrogens is 256 g/mol. The topological polar surface area (TPSA) is 52.6 Å². The Kier molecular flexibility index (Phi) is 12.7. The van der Waals surface area contributed by atoms with Gasteiger partial charge >= 0.3 is 11.9 Å². The summed E-state index contributed by atoms with van der Waals surface area (Å²) in [5.74, 6) is -0.762. The summed E-state index contributed by atoms with van der Waals surface area (Å²) in [6, 6.07) is 0. The number of esters is 2. The van der Waals surface area contributed by atoms with Gasteiger partial charge in [-0.15, -0.1) is 0 Å². The summed E-state index contributed by atoms with van der Waals surface area (Å²) >= 11 is 0. The van der Waals surface area contributed by atoms with Crippen molar-refractivity contribution in [2.24, 2.45) is 0 Å². The molecule has 0 amide bonds. The minimum Gasteiger partial charge on any atom is -0.465 e. The number of carbonyl (C=O) groups is 2. The van der Waals surface area contributed by atoms with E-state index in [4.69, 9.17) is 9.47 Å². The van der Waals surface area contributed by atoms with E-state index in [2.05, 4.69) is 6.92 Å². The van der Waals surface area contributed by atoms with Crippen LogP contribution in [0.15, 0.2) is 24.5 Å². The minimum atomic E-state index is -0.402. The quantitative estimate of drug-likeness (QED) is 0.249. The third-order valence-electron chi connectivity index (χ3n) is 2.50. The molecular formula is C16H26O4. The number of allylic oxidation sites excluding steroid dienone is 2. The Hall–Kier alpha value is -1.58. The second-order valence-corrected chi connectivity index (χ2v) is 4.39. The highest BCUT2D eigenvalue weighted by Crippen LogP contribution is 1.99. The molecule has 0 spiro atoms. The smallest absolute Gasteiger partial charge is 0.311 e. The Morgan fingerprint density at radius 3 is 2.40 bits per heavy atom. The van der Waals surface area contributed by atoms with E-state index in [-0.39, 0.29) is 18.8 Å². The Morgan fingerprint density at radius 1 is 0.950 bits per heavy atom. The highest BCUT2D eigenvalue weighted by molar-refractivity contribution is 5.77. The Bertz CT molecular complexity index is 318. The molecule has 0 aliphatic heterocycles. The molecule has 0 aromatic heterocycles. The fourth-order valence-electron chi connectivity index (χ4n) is 1.37. The van der Waals surface area contributed by atoms with Gasteiger partial charge in [0.15, 0.2) is 0 Å². The van der Waals surface area contributed by atoms with Gasteiger partial charge in [-0.1, -0.05) is 32.4 Å². The molecule has 0 heterocycles. The summed E-state index contributed by atoms with van der Waals surface area (Å²) in [5.41, 5.74) is 0. The number of hydrogen-bond acceptors (Lipinski definition) is 4. The SMILES string of the molecule is CCC=CCCOC(=O)CCC(=O)OC=CCCCC. The third-order valence-corrected chi connectivity index (χ3v) is 2.50. The molecule has 0 rings (SSSR count). The van der Waals surface area contributed by atoms with E-state index in [1.165, 1.54) is 6.26 Å². The number of carbonyl (C=O) groups excluding carboxylic acids is 2. The summed E-state index contributed by atoms with van der Waals surface area (Å²) in [6.45, 7) is 4.51. The van der Waals surface area contributed by atoms with Crippen LogP contribution in [0, 0.1) is 0 Å². The summed E-state index contributed by atoms with van der Waals surface area (Å²) in [5, 5.41) is 0. The summed E-state index contributed by atoms with van der Waals surface area (Å²) in [6.07, 6.45) is 12.1. The lowest BCUT2D eigenvalue weighted by molar-refractivity contribution is -0.147. The van der Waals surface area contributed by atoms with E-state index < -0.39 is 5.97 Å². The van der Waals surface area contributed by atoms with E-state index >= 15 is 0 Å². The lowest BCUT2D eigenvalue weighted by atomic mass is 10.2. The van der Waals surface area contributed by atoms with Gasteiger partial charge in [0, 0.05) is 0 Å². The van der Waals surface area contributed by atoms with Crippen LogP contribution in [0.3, 0.4) is 0 Å². The van der Waals surface area contributed by atoms with Crippen LogP contribution in [0.5, 0.6) is 0 Å². The average molecular weight is 282 g/mol. The van der Waals surface area contributed by atoms with Crippen LogP contribution >= 0.6 is 0 Å². The van der Waals surface area contributed by atoms with E-state index in [1.54, 1.807) is 0 Å². The molecule has 0 atom stereocenters. The molecule has 0 aromatic rings. The third kappa shape index (κ3) is 12.9. The molecule has 0 fully saturated rings. The van der Waals surface area contributed by atoms with Crippen LogP contribution in [0.1, 0.15) is 58.8 Å². The zero-order valence-electron chi connectivity index (χ0n) is 12.6. The Morgan fingerprint density at radius 2 is 1.70 bits per heavy atom. The summed E-state index contributed by atoms with van der Waals surface area (Å²) < 4.78 is 9.84. The van der Waals surface area contributed by atoms with E-state index in [1.807, 2.05) is 25.2 Å². The van der Waals surface area contributed by atoms with Crippen molar-refractivity contribution in [3.05, 3.63) is 24.5 Å². The van der Waals surface area contributed by atoms with Gasteiger partial charge < -0.3 is 9.47 Å². The first-order valence-electron chi connectivity index (χ1n) is 7.35. The second-order valence-electron chi connectivity index (χ2n) is 4.39. The van der Waals surface area contributed by atoms with Crippen molar-refractivity contribution in [2.45, 2.75) is 58.8 Å². The van der Waals surface area contributed by atoms with Crippen LogP contribution < -0.4 is 0 Å². The molecule has 0 radical (unpaired) electrons. The van der Waals surface area contributed by atoms with Gasteiger partial charge in [0.05, 0.1) is 25.7 Å². The lowest BCUT2D eigenvalue weighted by Gasteiger charge is -2.02. The van der Waals surface area contributed by atoms with Gasteiger partial charge in [0.2, 0.25) is 0 Å². The molecule has 0 aliphatic carbocycles. The maximum atomic E-state index is 11.3. The predicted molar refractivity (Wildman–Crippen MR) is 79.0 cm³/mol. The first kappa shape index (κ1) is 18.4. The highest BCUT2D eigenvalue weighted by Gasteiger charge is 2.07. The number of hydrogen-bond donors (Lipinski definition) is 0. The van der Waals surface area contributed by atoms with Gasteiger partial charge in [0.25, 0.3) is 0 Å². The monoisotopic (exact) mass is 282 g/mol. The van der Waals surface area contributed by atoms with Crippen molar-refractivity contribution in [3.63, 3.8) is 0 Å². The molecule has 0 aromatic carbocycles. The number of rotatable bonds is 11. The molecule has 20 heavy (non-hydrogen) atoms. The molecule has 0 unspecified atom stereocenters. The first-order valence-corrected chi connectivity index (χ1v) is 7.35. The molecule has 0 N–H and O–H groups in total. The van der Waals surface area contributed by atoms with Crippen molar-refractivity contribution in [3.8, 4) is 0 Å². The maximum absolute atomic E-state index is 11.3. The van der Waals surface area contributed by atoms with Crippen LogP contribution in [-0.4, -0.2) is 18.5 Å². The molecule has 4 nitrogen and oxygen atoms in total. The molecule has 0 saturated heterocycles. The van der Waals surface area contributed by atoms with Crippen molar-refractivity contribution in [1.29, 1.82) is 0 Å². The van der Waals surface area contributed by atoms with Gasteiger partial charge in [-0.3, -0.25) is 9.59 Å². The van der Waals surface area contributed by atoms with Crippen LogP contribution in [0.4, 0.5) is 0 Å². The fraction of sp³-hybridized carbons (Fsp3) is 0.625. The molecule has 0 saturated carbocycles. The molecule has 0 aliphatic rings.